The third kappa shape index (κ3) is 2.80. The zero-order valence-electron chi connectivity index (χ0n) is 14.1. The second kappa shape index (κ2) is 5.24. The maximum absolute atomic E-state index is 4.78. The molecule has 0 spiro atoms. The van der Waals surface area contributed by atoms with Crippen molar-refractivity contribution in [3.63, 3.8) is 0 Å². The maximum atomic E-state index is 4.78. The summed E-state index contributed by atoms with van der Waals surface area (Å²) >= 11 is 0. The van der Waals surface area contributed by atoms with E-state index in [2.05, 4.69) is 82.9 Å². The molecule has 3 aliphatic rings. The van der Waals surface area contributed by atoms with E-state index in [-0.39, 0.29) is 5.54 Å². The van der Waals surface area contributed by atoms with Crippen LogP contribution in [-0.4, -0.2) is 21.2 Å². The van der Waals surface area contributed by atoms with Crippen molar-refractivity contribution in [2.24, 2.45) is 4.99 Å². The Balaban J connectivity index is 1.69. The summed E-state index contributed by atoms with van der Waals surface area (Å²) in [5.74, 6) is 0. The summed E-state index contributed by atoms with van der Waals surface area (Å²) in [6.45, 7) is 2.18. The van der Waals surface area contributed by atoms with Crippen LogP contribution in [0.1, 0.15) is 31.2 Å². The van der Waals surface area contributed by atoms with Gasteiger partial charge in [0.2, 0.25) is 0 Å². The lowest BCUT2D eigenvalue weighted by Gasteiger charge is -2.19. The lowest BCUT2D eigenvalue weighted by atomic mass is 10.0. The minimum absolute atomic E-state index is 0.192. The molecule has 0 amide bonds. The molecule has 2 aromatic rings. The highest BCUT2D eigenvalue weighted by atomic mass is 15.0. The molecule has 2 aromatic heterocycles. The molecule has 1 unspecified atom stereocenters. The summed E-state index contributed by atoms with van der Waals surface area (Å²) in [7, 11) is 0. The van der Waals surface area contributed by atoms with Gasteiger partial charge in [-0.1, -0.05) is 6.08 Å². The lowest BCUT2D eigenvalue weighted by Crippen LogP contribution is -2.35. The van der Waals surface area contributed by atoms with Crippen LogP contribution >= 0.6 is 0 Å². The topological polar surface area (TPSA) is 56.0 Å². The van der Waals surface area contributed by atoms with Crippen molar-refractivity contribution in [3.05, 3.63) is 76.0 Å². The minimum Gasteiger partial charge on any atom is -0.373 e. The lowest BCUT2D eigenvalue weighted by molar-refractivity contribution is 0.660. The molecule has 8 bridgehead atoms. The Bertz CT molecular complexity index is 1090. The van der Waals surface area contributed by atoms with Crippen LogP contribution in [-0.2, 0) is 0 Å². The van der Waals surface area contributed by atoms with Crippen LogP contribution in [0.4, 0.5) is 0 Å². The summed E-state index contributed by atoms with van der Waals surface area (Å²) in [5.41, 5.74) is 5.37. The number of aromatic nitrogens is 2. The second-order valence-corrected chi connectivity index (χ2v) is 7.11. The van der Waals surface area contributed by atoms with Crippen LogP contribution in [0.25, 0.3) is 18.2 Å². The highest BCUT2D eigenvalue weighted by Gasteiger charge is 2.23. The number of nitrogens with zero attached hydrogens (tertiary/aromatic N) is 1. The SMILES string of the molecule is CC12C=C/C(=C/C3=NC(=C\c4ccc([nH]4)/C=c4/cc/c([nH]4)=C/1)/CC3)N2. The summed E-state index contributed by atoms with van der Waals surface area (Å²) in [6.07, 6.45) is 15.0. The number of aliphatic imine (C=N–C) groups is 1. The zero-order valence-corrected chi connectivity index (χ0v) is 14.1. The van der Waals surface area contributed by atoms with Gasteiger partial charge in [-0.05, 0) is 74.4 Å². The summed E-state index contributed by atoms with van der Waals surface area (Å²) in [6, 6.07) is 8.43. The molecule has 25 heavy (non-hydrogen) atoms. The van der Waals surface area contributed by atoms with Gasteiger partial charge in [-0.2, -0.15) is 0 Å². The fourth-order valence-electron chi connectivity index (χ4n) is 3.63. The van der Waals surface area contributed by atoms with Crippen molar-refractivity contribution in [1.82, 2.24) is 15.3 Å². The van der Waals surface area contributed by atoms with E-state index >= 15 is 0 Å². The van der Waals surface area contributed by atoms with Crippen molar-refractivity contribution in [2.75, 3.05) is 0 Å². The fourth-order valence-corrected chi connectivity index (χ4v) is 3.63. The first-order valence-electron chi connectivity index (χ1n) is 8.70. The highest BCUT2D eigenvalue weighted by molar-refractivity contribution is 5.98. The monoisotopic (exact) mass is 328 g/mol. The Labute approximate surface area is 146 Å². The average Bonchev–Trinajstić information content (AvgIpc) is 3.32. The highest BCUT2D eigenvalue weighted by Crippen LogP contribution is 2.24. The predicted molar refractivity (Wildman–Crippen MR) is 102 cm³/mol. The van der Waals surface area contributed by atoms with Gasteiger partial charge in [0.05, 0.1) is 5.54 Å². The van der Waals surface area contributed by atoms with Gasteiger partial charge in [0.15, 0.2) is 0 Å². The molecule has 0 saturated heterocycles. The normalized spacial score (nSPS) is 30.8. The molecular weight excluding hydrogens is 308 g/mol. The Kier molecular flexibility index (Phi) is 3.01. The molecule has 0 radical (unpaired) electrons. The second-order valence-electron chi connectivity index (χ2n) is 7.11. The standard InChI is InChI=1S/C21H20N4/c1-21-9-8-19(25-21)12-18-5-4-15(23-18)10-14-2-3-16(22-14)11-17-6-7-20(13-21)24-17/h2-3,6-13,22,24-25H,4-5H2,1H3/b15-10-,17-11-,19-12-,20-13-. The number of nitrogens with one attached hydrogen (secondary N) is 3. The third-order valence-corrected chi connectivity index (χ3v) is 4.82. The Morgan fingerprint density at radius 3 is 2.68 bits per heavy atom. The van der Waals surface area contributed by atoms with Crippen molar-refractivity contribution < 1.29 is 0 Å². The van der Waals surface area contributed by atoms with Crippen LogP contribution in [0.3, 0.4) is 0 Å². The molecule has 124 valence electrons. The van der Waals surface area contributed by atoms with E-state index in [1.807, 2.05) is 0 Å². The molecule has 0 aliphatic carbocycles. The molecule has 5 heterocycles. The first kappa shape index (κ1) is 14.3. The number of aromatic amines is 2. The zero-order chi connectivity index (χ0) is 16.9. The minimum atomic E-state index is -0.192. The molecule has 4 nitrogen and oxygen atoms in total. The molecule has 3 N–H and O–H groups in total. The van der Waals surface area contributed by atoms with E-state index in [4.69, 9.17) is 4.99 Å². The maximum Gasteiger partial charge on any atom is 0.0738 e. The van der Waals surface area contributed by atoms with Gasteiger partial charge < -0.3 is 15.3 Å². The van der Waals surface area contributed by atoms with E-state index in [9.17, 15) is 0 Å². The molecular formula is C21H20N4. The third-order valence-electron chi connectivity index (χ3n) is 4.82. The Hall–Kier alpha value is -3.01. The summed E-state index contributed by atoms with van der Waals surface area (Å²) in [4.78, 5) is 11.7. The smallest absolute Gasteiger partial charge is 0.0738 e. The molecule has 3 aliphatic heterocycles. The summed E-state index contributed by atoms with van der Waals surface area (Å²) in [5, 5.41) is 5.78. The van der Waals surface area contributed by atoms with Crippen LogP contribution in [0.15, 0.2) is 58.9 Å². The van der Waals surface area contributed by atoms with Crippen LogP contribution < -0.4 is 16.0 Å². The van der Waals surface area contributed by atoms with Gasteiger partial charge in [-0.3, -0.25) is 4.99 Å². The Morgan fingerprint density at radius 1 is 0.920 bits per heavy atom. The van der Waals surface area contributed by atoms with Crippen molar-refractivity contribution in [1.29, 1.82) is 0 Å². The summed E-state index contributed by atoms with van der Waals surface area (Å²) < 4.78 is 0. The first-order chi connectivity index (χ1) is 12.1. The van der Waals surface area contributed by atoms with Crippen molar-refractivity contribution in [2.45, 2.75) is 25.3 Å². The molecule has 1 atom stereocenters. The number of hydrogen-bond acceptors (Lipinski definition) is 2. The van der Waals surface area contributed by atoms with Crippen molar-refractivity contribution >= 4 is 23.9 Å². The molecule has 0 saturated carbocycles. The predicted octanol–water partition coefficient (Wildman–Crippen LogP) is 2.34. The quantitative estimate of drug-likeness (QED) is 0.683. The van der Waals surface area contributed by atoms with E-state index in [1.165, 1.54) is 0 Å². The van der Waals surface area contributed by atoms with Gasteiger partial charge >= 0.3 is 0 Å². The van der Waals surface area contributed by atoms with Gasteiger partial charge in [0.1, 0.15) is 0 Å². The number of rotatable bonds is 0. The van der Waals surface area contributed by atoms with Gasteiger partial charge in [-0.25, -0.2) is 0 Å². The fraction of sp³-hybridized carbons (Fsp3) is 0.190. The van der Waals surface area contributed by atoms with E-state index < -0.39 is 0 Å². The molecule has 0 fully saturated rings. The largest absolute Gasteiger partial charge is 0.373 e. The van der Waals surface area contributed by atoms with Crippen LogP contribution in [0, 0.1) is 0 Å². The number of allylic oxidation sites excluding steroid dienone is 3. The van der Waals surface area contributed by atoms with Gasteiger partial charge in [0.25, 0.3) is 0 Å². The number of hydrogen-bond donors (Lipinski definition) is 3. The van der Waals surface area contributed by atoms with E-state index in [1.54, 1.807) is 0 Å². The van der Waals surface area contributed by atoms with E-state index in [0.717, 1.165) is 52.0 Å². The number of H-pyrrole nitrogens is 2. The number of fused-ring (bicyclic) bond motifs is 7. The van der Waals surface area contributed by atoms with Crippen molar-refractivity contribution in [3.8, 4) is 0 Å². The molecule has 5 rings (SSSR count). The van der Waals surface area contributed by atoms with Crippen LogP contribution in [0.5, 0.6) is 0 Å². The Morgan fingerprint density at radius 2 is 1.76 bits per heavy atom. The van der Waals surface area contributed by atoms with E-state index in [0.29, 0.717) is 0 Å². The van der Waals surface area contributed by atoms with Gasteiger partial charge in [0, 0.05) is 39.2 Å². The first-order valence-corrected chi connectivity index (χ1v) is 8.70. The van der Waals surface area contributed by atoms with Gasteiger partial charge in [-0.15, -0.1) is 0 Å². The average molecular weight is 328 g/mol. The molecule has 4 heteroatoms. The van der Waals surface area contributed by atoms with Crippen LogP contribution in [0.2, 0.25) is 0 Å². The molecule has 0 aromatic carbocycles.